The van der Waals surface area contributed by atoms with Gasteiger partial charge in [0, 0.05) is 28.3 Å². The van der Waals surface area contributed by atoms with E-state index in [9.17, 15) is 9.59 Å². The third-order valence-electron chi connectivity index (χ3n) is 4.13. The molecule has 1 aliphatic carbocycles. The van der Waals surface area contributed by atoms with Crippen LogP contribution in [0.5, 0.6) is 0 Å². The molecule has 0 saturated heterocycles. The fourth-order valence-corrected chi connectivity index (χ4v) is 3.06. The summed E-state index contributed by atoms with van der Waals surface area (Å²) in [5.41, 5.74) is 2.32. The fraction of sp³-hybridized carbons (Fsp3) is 0.300. The molecular weight excluding hydrogens is 394 g/mol. The zero-order valence-electron chi connectivity index (χ0n) is 14.7. The van der Waals surface area contributed by atoms with Gasteiger partial charge in [0.2, 0.25) is 5.91 Å². The Morgan fingerprint density at radius 1 is 1.15 bits per heavy atom. The van der Waals surface area contributed by atoms with Crippen molar-refractivity contribution in [1.29, 1.82) is 0 Å². The highest BCUT2D eigenvalue weighted by molar-refractivity contribution is 9.10. The second kappa shape index (κ2) is 8.47. The molecule has 136 valence electrons. The first kappa shape index (κ1) is 18.6. The van der Waals surface area contributed by atoms with Gasteiger partial charge in [0.25, 0.3) is 5.91 Å². The van der Waals surface area contributed by atoms with Crippen molar-refractivity contribution in [2.45, 2.75) is 25.4 Å². The lowest BCUT2D eigenvalue weighted by atomic mass is 10.2. The summed E-state index contributed by atoms with van der Waals surface area (Å²) in [6.45, 7) is 0.929. The molecule has 1 saturated carbocycles. The summed E-state index contributed by atoms with van der Waals surface area (Å²) in [4.78, 5) is 26.4. The second-order valence-electron chi connectivity index (χ2n) is 6.64. The van der Waals surface area contributed by atoms with Crippen LogP contribution in [0.15, 0.2) is 53.0 Å². The molecule has 2 N–H and O–H groups in total. The van der Waals surface area contributed by atoms with Gasteiger partial charge in [-0.1, -0.05) is 40.2 Å². The van der Waals surface area contributed by atoms with Gasteiger partial charge in [-0.15, -0.1) is 0 Å². The quantitative estimate of drug-likeness (QED) is 0.728. The molecule has 0 aliphatic heterocycles. The molecule has 0 atom stereocenters. The Morgan fingerprint density at radius 3 is 2.65 bits per heavy atom. The van der Waals surface area contributed by atoms with Crippen LogP contribution in [0.4, 0.5) is 5.69 Å². The number of anilines is 1. The minimum Gasteiger partial charge on any atom is -0.349 e. The highest BCUT2D eigenvalue weighted by Gasteiger charge is 2.23. The van der Waals surface area contributed by atoms with Crippen molar-refractivity contribution >= 4 is 33.4 Å². The topological polar surface area (TPSA) is 61.4 Å². The van der Waals surface area contributed by atoms with Gasteiger partial charge in [0.15, 0.2) is 0 Å². The largest absolute Gasteiger partial charge is 0.349 e. The molecule has 0 aromatic heterocycles. The fourth-order valence-electron chi connectivity index (χ4n) is 2.65. The Morgan fingerprint density at radius 2 is 1.92 bits per heavy atom. The monoisotopic (exact) mass is 415 g/mol. The summed E-state index contributed by atoms with van der Waals surface area (Å²) < 4.78 is 1.03. The van der Waals surface area contributed by atoms with Crippen LogP contribution in [0.2, 0.25) is 0 Å². The minimum atomic E-state index is -0.112. The van der Waals surface area contributed by atoms with Crippen molar-refractivity contribution < 1.29 is 9.59 Å². The van der Waals surface area contributed by atoms with Crippen LogP contribution in [-0.4, -0.2) is 36.3 Å². The maximum absolute atomic E-state index is 12.3. The van der Waals surface area contributed by atoms with Crippen LogP contribution in [-0.2, 0) is 11.3 Å². The molecule has 5 nitrogen and oxygen atoms in total. The van der Waals surface area contributed by atoms with Crippen molar-refractivity contribution in [3.05, 3.63) is 64.1 Å². The molecule has 2 aromatic carbocycles. The Kier molecular flexibility index (Phi) is 6.06. The Bertz CT molecular complexity index is 805. The summed E-state index contributed by atoms with van der Waals surface area (Å²) in [6, 6.07) is 15.3. The number of amides is 2. The first-order valence-corrected chi connectivity index (χ1v) is 9.43. The number of hydrogen-bond donors (Lipinski definition) is 2. The first-order chi connectivity index (χ1) is 12.5. The maximum atomic E-state index is 12.3. The highest BCUT2D eigenvalue weighted by atomic mass is 79.9. The summed E-state index contributed by atoms with van der Waals surface area (Å²) >= 11 is 3.52. The van der Waals surface area contributed by atoms with E-state index in [0.29, 0.717) is 23.8 Å². The van der Waals surface area contributed by atoms with E-state index in [0.717, 1.165) is 22.9 Å². The molecule has 26 heavy (non-hydrogen) atoms. The van der Waals surface area contributed by atoms with Crippen LogP contribution in [0.1, 0.15) is 28.8 Å². The van der Waals surface area contributed by atoms with Crippen molar-refractivity contribution in [2.75, 3.05) is 18.9 Å². The number of carbonyl (C=O) groups is 2. The molecule has 1 aliphatic rings. The number of nitrogens with one attached hydrogen (secondary N) is 2. The van der Waals surface area contributed by atoms with Gasteiger partial charge in [-0.25, -0.2) is 0 Å². The third kappa shape index (κ3) is 5.41. The van der Waals surface area contributed by atoms with E-state index in [-0.39, 0.29) is 18.4 Å². The van der Waals surface area contributed by atoms with E-state index < -0.39 is 0 Å². The Hall–Kier alpha value is -2.18. The molecule has 6 heteroatoms. The zero-order valence-corrected chi connectivity index (χ0v) is 16.3. The predicted octanol–water partition coefficient (Wildman–Crippen LogP) is 3.41. The van der Waals surface area contributed by atoms with Crippen LogP contribution < -0.4 is 10.6 Å². The lowest BCUT2D eigenvalue weighted by molar-refractivity contribution is -0.117. The highest BCUT2D eigenvalue weighted by Crippen LogP contribution is 2.20. The second-order valence-corrected chi connectivity index (χ2v) is 7.49. The van der Waals surface area contributed by atoms with Gasteiger partial charge < -0.3 is 10.6 Å². The van der Waals surface area contributed by atoms with Gasteiger partial charge >= 0.3 is 0 Å². The van der Waals surface area contributed by atoms with Crippen molar-refractivity contribution in [1.82, 2.24) is 10.2 Å². The summed E-state index contributed by atoms with van der Waals surface area (Å²) in [6.07, 6.45) is 2.10. The molecule has 2 aromatic rings. The first-order valence-electron chi connectivity index (χ1n) is 8.64. The van der Waals surface area contributed by atoms with Gasteiger partial charge in [0.1, 0.15) is 0 Å². The smallest absolute Gasteiger partial charge is 0.251 e. The molecule has 0 unspecified atom stereocenters. The average Bonchev–Trinajstić information content (AvgIpc) is 3.41. The van der Waals surface area contributed by atoms with Crippen LogP contribution in [0.3, 0.4) is 0 Å². The Balaban J connectivity index is 1.54. The van der Waals surface area contributed by atoms with Crippen LogP contribution in [0.25, 0.3) is 0 Å². The van der Waals surface area contributed by atoms with E-state index in [4.69, 9.17) is 0 Å². The molecule has 0 heterocycles. The normalized spacial score (nSPS) is 13.5. The van der Waals surface area contributed by atoms with E-state index in [2.05, 4.69) is 26.6 Å². The average molecular weight is 416 g/mol. The Labute approximate surface area is 161 Å². The van der Waals surface area contributed by atoms with Crippen LogP contribution >= 0.6 is 15.9 Å². The van der Waals surface area contributed by atoms with Gasteiger partial charge in [0.05, 0.1) is 6.54 Å². The molecule has 0 spiro atoms. The number of halogens is 1. The van der Waals surface area contributed by atoms with Gasteiger partial charge in [-0.2, -0.15) is 0 Å². The number of nitrogens with zero attached hydrogens (tertiary/aromatic N) is 1. The van der Waals surface area contributed by atoms with Crippen molar-refractivity contribution in [3.8, 4) is 0 Å². The van der Waals surface area contributed by atoms with Crippen molar-refractivity contribution in [3.63, 3.8) is 0 Å². The molecular formula is C20H22BrN3O2. The van der Waals surface area contributed by atoms with E-state index in [1.165, 1.54) is 0 Å². The standard InChI is InChI=1S/C20H22BrN3O2/c1-24(12-15-5-2-3-8-18(15)21)13-19(25)22-17-7-4-6-14(11-17)20(26)23-16-9-10-16/h2-8,11,16H,9-10,12-13H2,1H3,(H,22,25)(H,23,26). The number of likely N-dealkylation sites (N-methyl/N-ethyl adjacent to an activating group) is 1. The van der Waals surface area contributed by atoms with E-state index in [1.54, 1.807) is 24.3 Å². The van der Waals surface area contributed by atoms with Crippen LogP contribution in [0, 0.1) is 0 Å². The summed E-state index contributed by atoms with van der Waals surface area (Å²) in [7, 11) is 1.90. The lowest BCUT2D eigenvalue weighted by Crippen LogP contribution is -2.30. The SMILES string of the molecule is CN(CC(=O)Nc1cccc(C(=O)NC2CC2)c1)Cc1ccccc1Br. The summed E-state index contributed by atoms with van der Waals surface area (Å²) in [5, 5.41) is 5.82. The number of carbonyl (C=O) groups excluding carboxylic acids is 2. The number of hydrogen-bond acceptors (Lipinski definition) is 3. The van der Waals surface area contributed by atoms with Crippen molar-refractivity contribution in [2.24, 2.45) is 0 Å². The molecule has 1 fully saturated rings. The number of benzene rings is 2. The van der Waals surface area contributed by atoms with Gasteiger partial charge in [-0.3, -0.25) is 14.5 Å². The molecule has 2 amide bonds. The lowest BCUT2D eigenvalue weighted by Gasteiger charge is -2.17. The minimum absolute atomic E-state index is 0.0883. The summed E-state index contributed by atoms with van der Waals surface area (Å²) in [5.74, 6) is -0.200. The molecule has 3 rings (SSSR count). The third-order valence-corrected chi connectivity index (χ3v) is 4.91. The predicted molar refractivity (Wildman–Crippen MR) is 106 cm³/mol. The van der Waals surface area contributed by atoms with E-state index >= 15 is 0 Å². The van der Waals surface area contributed by atoms with Gasteiger partial charge in [-0.05, 0) is 49.7 Å². The number of rotatable bonds is 7. The molecule has 0 bridgehead atoms. The van der Waals surface area contributed by atoms with E-state index in [1.807, 2.05) is 36.2 Å². The molecule has 0 radical (unpaired) electrons. The zero-order chi connectivity index (χ0) is 18.5. The maximum Gasteiger partial charge on any atom is 0.251 e.